The first kappa shape index (κ1) is 63.7. The van der Waals surface area contributed by atoms with Crippen LogP contribution in [0.25, 0.3) is 45.4 Å². The molecular weight excluding hydrogens is 1250 g/mol. The fraction of sp³-hybridized carbons (Fsp3) is 0.339. The van der Waals surface area contributed by atoms with E-state index >= 15 is 0 Å². The summed E-state index contributed by atoms with van der Waals surface area (Å²) < 4.78 is 33.7. The minimum absolute atomic E-state index is 0.104. The highest BCUT2D eigenvalue weighted by Gasteiger charge is 2.38. The molecule has 20 nitrogen and oxygen atoms in total. The molecule has 4 heterocycles. The van der Waals surface area contributed by atoms with Gasteiger partial charge in [0.2, 0.25) is 0 Å². The number of benzene rings is 3. The number of aryl methyl sites for hydroxylation is 2. The monoisotopic (exact) mass is 1310 g/mol. The van der Waals surface area contributed by atoms with Crippen LogP contribution < -0.4 is 9.80 Å². The number of oxime groups is 1. The van der Waals surface area contributed by atoms with E-state index in [1.54, 1.807) is 107 Å². The van der Waals surface area contributed by atoms with Gasteiger partial charge in [-0.05, 0) is 134 Å². The van der Waals surface area contributed by atoms with E-state index in [9.17, 15) is 19.2 Å². The third-order valence-electron chi connectivity index (χ3n) is 9.79. The summed E-state index contributed by atoms with van der Waals surface area (Å²) in [7, 11) is 0. The molecule has 3 aromatic carbocycles. The molecule has 0 unspecified atom stereocenters. The van der Waals surface area contributed by atoms with Gasteiger partial charge in [-0.1, -0.05) is 127 Å². The molecule has 7 rings (SSSR count). The van der Waals surface area contributed by atoms with Crippen LogP contribution in [0.5, 0.6) is 0 Å². The number of carbonyl (C=O) groups excluding carboxylic acids is 4. The summed E-state index contributed by atoms with van der Waals surface area (Å²) in [4.78, 5) is 71.2. The maximum atomic E-state index is 13.1. The highest BCUT2D eigenvalue weighted by Crippen LogP contribution is 2.36. The zero-order valence-corrected chi connectivity index (χ0v) is 52.0. The molecule has 0 bridgehead atoms. The van der Waals surface area contributed by atoms with Crippen LogP contribution in [0.4, 0.5) is 30.8 Å². The lowest BCUT2D eigenvalue weighted by Crippen LogP contribution is -2.44. The lowest BCUT2D eigenvalue weighted by Gasteiger charge is -2.28. The molecule has 0 aliphatic rings. The average Bonchev–Trinajstić information content (AvgIpc) is 4.07. The molecule has 0 aliphatic heterocycles. The lowest BCUT2D eigenvalue weighted by molar-refractivity contribution is 0.0406. The molecule has 0 aliphatic carbocycles. The first-order valence-corrected chi connectivity index (χ1v) is 27.5. The highest BCUT2D eigenvalue weighted by atomic mass is 79.9. The van der Waals surface area contributed by atoms with Gasteiger partial charge in [0.15, 0.2) is 39.7 Å². The van der Waals surface area contributed by atoms with Gasteiger partial charge in [-0.3, -0.25) is 0 Å². The second kappa shape index (κ2) is 26.9. The van der Waals surface area contributed by atoms with E-state index in [1.807, 2.05) is 74.5 Å². The van der Waals surface area contributed by atoms with Crippen LogP contribution in [-0.4, -0.2) is 87.4 Å². The molecule has 0 atom stereocenters. The Kier molecular flexibility index (Phi) is 21.5. The Bertz CT molecular complexity index is 3250. The summed E-state index contributed by atoms with van der Waals surface area (Å²) in [5.74, 6) is 0.175. The first-order chi connectivity index (χ1) is 37.2. The van der Waals surface area contributed by atoms with Gasteiger partial charge in [-0.2, -0.15) is 9.80 Å². The van der Waals surface area contributed by atoms with Crippen molar-refractivity contribution >= 4 is 101 Å². The highest BCUT2D eigenvalue weighted by molar-refractivity contribution is 9.10. The van der Waals surface area contributed by atoms with Gasteiger partial charge in [0, 0.05) is 34.2 Å². The standard InChI is InChI=1S/C24H26Br2N4O5.C24H27BrN4O5.C8H8ClNO/c1-23(2,3)33-21(31)30(22(32)34-24(4,5)6)20-19(28-18(26)13-27-20)17-11-16(29-35-17)15-9-7-14(12-25)8-10-15;1-14-8-10-15(11-9-14)16-12-17(34-28-16)19-20(26-13-18(25)27-19)29(21(30)32-23(2,3)4)22(31)33-24(5,6)7;1-6-2-4-7(5-3-6)8(9)10-11/h7-11,13H,12H2,1-6H3;8-13H,1-7H3;2-5,11H,1H3/b;;10-8-. The third kappa shape index (κ3) is 19.0. The molecular formula is C56H61Br3ClN9O11. The van der Waals surface area contributed by atoms with Crippen molar-refractivity contribution in [2.24, 2.45) is 5.16 Å². The molecule has 0 spiro atoms. The minimum Gasteiger partial charge on any atom is -0.443 e. The van der Waals surface area contributed by atoms with Crippen molar-refractivity contribution in [3.05, 3.63) is 129 Å². The molecule has 7 aromatic rings. The Morgan fingerprint density at radius 2 is 0.887 bits per heavy atom. The number of rotatable bonds is 8. The van der Waals surface area contributed by atoms with Gasteiger partial charge in [-0.15, -0.1) is 0 Å². The number of imide groups is 2. The second-order valence-corrected chi connectivity index (χ2v) is 24.0. The van der Waals surface area contributed by atoms with E-state index in [2.05, 4.69) is 83.2 Å². The van der Waals surface area contributed by atoms with Gasteiger partial charge in [-0.25, -0.2) is 39.1 Å². The summed E-state index contributed by atoms with van der Waals surface area (Å²) in [5.41, 5.74) is 3.59. The Labute approximate surface area is 494 Å². The summed E-state index contributed by atoms with van der Waals surface area (Å²) in [5, 5.41) is 20.3. The average molecular weight is 1310 g/mol. The molecule has 0 saturated carbocycles. The number of alkyl halides is 1. The number of nitrogens with zero attached hydrogens (tertiary/aromatic N) is 9. The van der Waals surface area contributed by atoms with Crippen molar-refractivity contribution in [3.63, 3.8) is 0 Å². The topological polar surface area (TPSA) is 248 Å². The molecule has 424 valence electrons. The largest absolute Gasteiger partial charge is 0.443 e. The van der Waals surface area contributed by atoms with Crippen LogP contribution in [0.1, 0.15) is 105 Å². The van der Waals surface area contributed by atoms with Crippen molar-refractivity contribution in [1.82, 2.24) is 30.2 Å². The Hall–Kier alpha value is -7.08. The van der Waals surface area contributed by atoms with Crippen molar-refractivity contribution in [2.45, 2.75) is 125 Å². The second-order valence-electron chi connectivity index (χ2n) is 21.4. The van der Waals surface area contributed by atoms with Crippen LogP contribution >= 0.6 is 59.4 Å². The van der Waals surface area contributed by atoms with E-state index in [-0.39, 0.29) is 39.7 Å². The van der Waals surface area contributed by atoms with Gasteiger partial charge < -0.3 is 33.2 Å². The minimum atomic E-state index is -0.963. The van der Waals surface area contributed by atoms with E-state index in [0.29, 0.717) is 30.4 Å². The van der Waals surface area contributed by atoms with E-state index < -0.39 is 46.8 Å². The molecule has 4 aromatic heterocycles. The number of carbonyl (C=O) groups is 4. The van der Waals surface area contributed by atoms with Gasteiger partial charge in [0.05, 0.1) is 12.4 Å². The molecule has 80 heavy (non-hydrogen) atoms. The summed E-state index contributed by atoms with van der Waals surface area (Å²) in [6.07, 6.45) is -1.13. The zero-order valence-electron chi connectivity index (χ0n) is 46.5. The summed E-state index contributed by atoms with van der Waals surface area (Å²) in [6, 6.07) is 26.3. The van der Waals surface area contributed by atoms with Crippen LogP contribution in [0, 0.1) is 13.8 Å². The molecule has 1 N–H and O–H groups in total. The maximum absolute atomic E-state index is 13.1. The molecule has 0 radical (unpaired) electrons. The van der Waals surface area contributed by atoms with Crippen LogP contribution in [0.15, 0.2) is 121 Å². The van der Waals surface area contributed by atoms with Gasteiger partial charge in [0.25, 0.3) is 0 Å². The van der Waals surface area contributed by atoms with E-state index in [1.165, 1.54) is 12.4 Å². The van der Waals surface area contributed by atoms with Gasteiger partial charge in [0.1, 0.15) is 43.0 Å². The number of hydrogen-bond acceptors (Lipinski definition) is 18. The zero-order chi connectivity index (χ0) is 59.5. The number of amides is 4. The molecule has 0 saturated heterocycles. The Morgan fingerprint density at radius 3 is 1.20 bits per heavy atom. The van der Waals surface area contributed by atoms with Crippen molar-refractivity contribution in [3.8, 4) is 45.4 Å². The normalized spacial score (nSPS) is 11.8. The smallest absolute Gasteiger partial charge is 0.425 e. The number of ether oxygens (including phenoxy) is 4. The maximum Gasteiger partial charge on any atom is 0.425 e. The van der Waals surface area contributed by atoms with Gasteiger partial charge >= 0.3 is 24.4 Å². The van der Waals surface area contributed by atoms with Crippen LogP contribution in [0.3, 0.4) is 0 Å². The predicted octanol–water partition coefficient (Wildman–Crippen LogP) is 16.0. The fourth-order valence-electron chi connectivity index (χ4n) is 6.39. The summed E-state index contributed by atoms with van der Waals surface area (Å²) >= 11 is 15.5. The third-order valence-corrected chi connectivity index (χ3v) is 11.5. The molecule has 0 fully saturated rings. The van der Waals surface area contributed by atoms with Crippen LogP contribution in [0.2, 0.25) is 0 Å². The van der Waals surface area contributed by atoms with E-state index in [0.717, 1.165) is 38.7 Å². The van der Waals surface area contributed by atoms with Crippen LogP contribution in [-0.2, 0) is 24.3 Å². The lowest BCUT2D eigenvalue weighted by atomic mass is 10.1. The number of halogens is 4. The van der Waals surface area contributed by atoms with Crippen molar-refractivity contribution < 1.29 is 52.4 Å². The predicted molar refractivity (Wildman–Crippen MR) is 314 cm³/mol. The number of anilines is 2. The summed E-state index contributed by atoms with van der Waals surface area (Å²) in [6.45, 7) is 24.3. The quantitative estimate of drug-likeness (QED) is 0.0488. The van der Waals surface area contributed by atoms with Crippen molar-refractivity contribution in [1.29, 1.82) is 0 Å². The Balaban J connectivity index is 0.000000247. The number of hydrogen-bond donors (Lipinski definition) is 1. The van der Waals surface area contributed by atoms with E-state index in [4.69, 9.17) is 44.8 Å². The fourth-order valence-corrected chi connectivity index (χ4v) is 7.45. The Morgan fingerprint density at radius 1 is 0.562 bits per heavy atom. The first-order valence-electron chi connectivity index (χ1n) is 24.4. The SMILES string of the molecule is CC(C)(C)OC(=O)N(C(=O)OC(C)(C)C)c1ncc(Br)nc1-c1cc(-c2ccc(CBr)cc2)no1.Cc1ccc(-c2cc(-c3nc(Br)cnc3N(C(=O)OC(C)(C)C)C(=O)OC(C)(C)C)on2)cc1.Cc1ccc(/C(Cl)=N/O)cc1. The number of aromatic nitrogens is 6. The molecule has 4 amide bonds. The van der Waals surface area contributed by atoms with Crippen molar-refractivity contribution in [2.75, 3.05) is 9.80 Å². The molecule has 24 heteroatoms.